The number of carbonyl (C=O) groups excluding carboxylic acids is 1. The van der Waals surface area contributed by atoms with Crippen molar-refractivity contribution in [3.63, 3.8) is 0 Å². The Morgan fingerprint density at radius 3 is 2.84 bits per heavy atom. The molecule has 0 amide bonds. The number of fused-ring (bicyclic) bond motifs is 1. The number of ketones is 1. The third kappa shape index (κ3) is 1.89. The van der Waals surface area contributed by atoms with Crippen LogP contribution < -0.4 is 0 Å². The second kappa shape index (κ2) is 4.49. The summed E-state index contributed by atoms with van der Waals surface area (Å²) in [6.07, 6.45) is 2.36. The predicted molar refractivity (Wildman–Crippen MR) is 74.8 cm³/mol. The van der Waals surface area contributed by atoms with E-state index in [1.54, 1.807) is 10.9 Å². The van der Waals surface area contributed by atoms with Crippen LogP contribution >= 0.6 is 11.6 Å². The molecule has 4 heteroatoms. The van der Waals surface area contributed by atoms with Gasteiger partial charge in [0.2, 0.25) is 0 Å². The molecule has 0 spiro atoms. The molecular weight excluding hydrogens is 260 g/mol. The minimum absolute atomic E-state index is 0.0668. The maximum Gasteiger partial charge on any atom is 0.190 e. The first-order valence-electron chi connectivity index (χ1n) is 6.44. The van der Waals surface area contributed by atoms with Crippen molar-refractivity contribution in [3.05, 3.63) is 52.3 Å². The normalized spacial score (nSPS) is 17.2. The molecule has 0 radical (unpaired) electrons. The average Bonchev–Trinajstić information content (AvgIpc) is 2.72. The summed E-state index contributed by atoms with van der Waals surface area (Å²) in [7, 11) is 0. The topological polar surface area (TPSA) is 34.9 Å². The first kappa shape index (κ1) is 12.4. The molecule has 3 rings (SSSR count). The second-order valence-electron chi connectivity index (χ2n) is 5.20. The monoisotopic (exact) mass is 274 g/mol. The molecule has 0 bridgehead atoms. The number of Topliss-reactive ketones (excluding diaryl/α,β-unsaturated/α-hetero) is 1. The van der Waals surface area contributed by atoms with Crippen molar-refractivity contribution >= 4 is 17.4 Å². The van der Waals surface area contributed by atoms with Crippen molar-refractivity contribution in [3.8, 4) is 0 Å². The van der Waals surface area contributed by atoms with Gasteiger partial charge in [0, 0.05) is 6.04 Å². The van der Waals surface area contributed by atoms with Crippen molar-refractivity contribution in [2.45, 2.75) is 32.2 Å². The minimum atomic E-state index is -0.0668. The number of hydrogen-bond donors (Lipinski definition) is 0. The van der Waals surface area contributed by atoms with Crippen LogP contribution in [0.3, 0.4) is 0 Å². The van der Waals surface area contributed by atoms with Gasteiger partial charge in [0.1, 0.15) is 5.69 Å². The van der Waals surface area contributed by atoms with E-state index in [4.69, 9.17) is 11.6 Å². The van der Waals surface area contributed by atoms with E-state index in [1.165, 1.54) is 5.56 Å². The largest absolute Gasteiger partial charge is 0.292 e. The molecule has 1 heterocycles. The highest BCUT2D eigenvalue weighted by atomic mass is 35.5. The number of nitrogens with zero attached hydrogens (tertiary/aromatic N) is 2. The third-order valence-corrected chi connectivity index (χ3v) is 3.92. The summed E-state index contributed by atoms with van der Waals surface area (Å²) in [5.74, 6) is 0.0119. The van der Waals surface area contributed by atoms with Crippen molar-refractivity contribution in [2.75, 3.05) is 0 Å². The standard InChI is InChI=1S/C15H15ClN2O/c1-9(2)18-14(13(16)8-17-18)15(19)12-7-10-5-3-4-6-11(10)12/h3-6,8-9,12H,7H2,1-2H3. The van der Waals surface area contributed by atoms with Gasteiger partial charge >= 0.3 is 0 Å². The number of aromatic nitrogens is 2. The van der Waals surface area contributed by atoms with Gasteiger partial charge in [0.05, 0.1) is 17.1 Å². The van der Waals surface area contributed by atoms with Crippen LogP contribution in [0.1, 0.15) is 47.4 Å². The van der Waals surface area contributed by atoms with Gasteiger partial charge in [-0.05, 0) is 31.4 Å². The summed E-state index contributed by atoms with van der Waals surface area (Å²) >= 11 is 6.13. The fourth-order valence-electron chi connectivity index (χ4n) is 2.62. The molecule has 19 heavy (non-hydrogen) atoms. The third-order valence-electron chi connectivity index (χ3n) is 3.64. The number of halogens is 1. The fraction of sp³-hybridized carbons (Fsp3) is 0.333. The molecule has 1 aromatic heterocycles. The lowest BCUT2D eigenvalue weighted by Crippen LogP contribution is -2.27. The van der Waals surface area contributed by atoms with Crippen LogP contribution in [0.2, 0.25) is 5.02 Å². The molecule has 2 aromatic rings. The molecule has 0 aliphatic heterocycles. The van der Waals surface area contributed by atoms with Gasteiger partial charge in [-0.2, -0.15) is 5.10 Å². The number of carbonyl (C=O) groups is 1. The molecule has 0 saturated carbocycles. The van der Waals surface area contributed by atoms with Gasteiger partial charge in [-0.3, -0.25) is 9.48 Å². The number of benzene rings is 1. The zero-order chi connectivity index (χ0) is 13.6. The highest BCUT2D eigenvalue weighted by Gasteiger charge is 2.35. The molecule has 1 aromatic carbocycles. The van der Waals surface area contributed by atoms with E-state index < -0.39 is 0 Å². The Labute approximate surface area is 117 Å². The van der Waals surface area contributed by atoms with E-state index in [2.05, 4.69) is 11.2 Å². The van der Waals surface area contributed by atoms with Crippen molar-refractivity contribution in [1.82, 2.24) is 9.78 Å². The summed E-state index contributed by atoms with van der Waals surface area (Å²) in [5.41, 5.74) is 2.92. The van der Waals surface area contributed by atoms with Crippen LogP contribution in [0, 0.1) is 0 Å². The Hall–Kier alpha value is -1.61. The van der Waals surface area contributed by atoms with Crippen LogP contribution in [0.15, 0.2) is 30.5 Å². The van der Waals surface area contributed by atoms with Gasteiger partial charge < -0.3 is 0 Å². The Morgan fingerprint density at radius 1 is 1.42 bits per heavy atom. The maximum absolute atomic E-state index is 12.7. The molecule has 1 atom stereocenters. The number of rotatable bonds is 3. The Morgan fingerprint density at radius 2 is 2.16 bits per heavy atom. The molecule has 0 N–H and O–H groups in total. The van der Waals surface area contributed by atoms with E-state index in [-0.39, 0.29) is 17.7 Å². The van der Waals surface area contributed by atoms with Crippen LogP contribution in [0.25, 0.3) is 0 Å². The van der Waals surface area contributed by atoms with E-state index in [9.17, 15) is 4.79 Å². The molecular formula is C15H15ClN2O. The Balaban J connectivity index is 1.97. The lowest BCUT2D eigenvalue weighted by Gasteiger charge is -2.29. The smallest absolute Gasteiger partial charge is 0.190 e. The quantitative estimate of drug-likeness (QED) is 0.801. The summed E-state index contributed by atoms with van der Waals surface area (Å²) in [6, 6.07) is 8.19. The molecule has 0 saturated heterocycles. The van der Waals surface area contributed by atoms with E-state index in [0.29, 0.717) is 10.7 Å². The van der Waals surface area contributed by atoms with Crippen molar-refractivity contribution < 1.29 is 4.79 Å². The molecule has 3 nitrogen and oxygen atoms in total. The second-order valence-corrected chi connectivity index (χ2v) is 5.61. The Kier molecular flexibility index (Phi) is 2.94. The van der Waals surface area contributed by atoms with Crippen LogP contribution in [-0.4, -0.2) is 15.6 Å². The van der Waals surface area contributed by atoms with Gasteiger partial charge in [0.25, 0.3) is 0 Å². The maximum atomic E-state index is 12.7. The lowest BCUT2D eigenvalue weighted by atomic mass is 9.74. The Bertz CT molecular complexity index is 645. The van der Waals surface area contributed by atoms with E-state index >= 15 is 0 Å². The number of hydrogen-bond acceptors (Lipinski definition) is 2. The predicted octanol–water partition coefficient (Wildman–Crippen LogP) is 3.64. The molecule has 1 aliphatic carbocycles. The van der Waals surface area contributed by atoms with Crippen LogP contribution in [0.4, 0.5) is 0 Å². The highest BCUT2D eigenvalue weighted by Crippen LogP contribution is 2.38. The summed E-state index contributed by atoms with van der Waals surface area (Å²) in [6.45, 7) is 3.99. The molecule has 98 valence electrons. The molecule has 0 fully saturated rings. The molecule has 1 aliphatic rings. The van der Waals surface area contributed by atoms with Crippen LogP contribution in [0.5, 0.6) is 0 Å². The minimum Gasteiger partial charge on any atom is -0.292 e. The van der Waals surface area contributed by atoms with Gasteiger partial charge in [-0.25, -0.2) is 0 Å². The zero-order valence-corrected chi connectivity index (χ0v) is 11.7. The summed E-state index contributed by atoms with van der Waals surface area (Å²) in [4.78, 5) is 12.7. The van der Waals surface area contributed by atoms with Gasteiger partial charge in [0.15, 0.2) is 5.78 Å². The van der Waals surface area contributed by atoms with Gasteiger partial charge in [-0.15, -0.1) is 0 Å². The first-order valence-corrected chi connectivity index (χ1v) is 6.82. The van der Waals surface area contributed by atoms with Gasteiger partial charge in [-0.1, -0.05) is 35.9 Å². The fourth-order valence-corrected chi connectivity index (χ4v) is 2.84. The first-order chi connectivity index (χ1) is 9.09. The summed E-state index contributed by atoms with van der Waals surface area (Å²) in [5, 5.41) is 4.64. The van der Waals surface area contributed by atoms with Crippen molar-refractivity contribution in [2.24, 2.45) is 0 Å². The van der Waals surface area contributed by atoms with E-state index in [0.717, 1.165) is 12.0 Å². The zero-order valence-electron chi connectivity index (χ0n) is 10.9. The van der Waals surface area contributed by atoms with E-state index in [1.807, 2.05) is 32.0 Å². The summed E-state index contributed by atoms with van der Waals surface area (Å²) < 4.78 is 1.71. The highest BCUT2D eigenvalue weighted by molar-refractivity contribution is 6.34. The lowest BCUT2D eigenvalue weighted by molar-refractivity contribution is 0.0936. The average molecular weight is 275 g/mol. The SMILES string of the molecule is CC(C)n1ncc(Cl)c1C(=O)C1Cc2ccccc21. The van der Waals surface area contributed by atoms with Crippen molar-refractivity contribution in [1.29, 1.82) is 0 Å². The molecule has 1 unspecified atom stereocenters. The van der Waals surface area contributed by atoms with Crippen LogP contribution in [-0.2, 0) is 6.42 Å².